The van der Waals surface area contributed by atoms with Crippen molar-refractivity contribution < 1.29 is 9.47 Å². The highest BCUT2D eigenvalue weighted by Gasteiger charge is 2.12. The summed E-state index contributed by atoms with van der Waals surface area (Å²) >= 11 is 18.5. The Morgan fingerprint density at radius 3 is 1.80 bits per heavy atom. The summed E-state index contributed by atoms with van der Waals surface area (Å²) in [4.78, 5) is 0. The summed E-state index contributed by atoms with van der Waals surface area (Å²) in [5.41, 5.74) is 12.4. The van der Waals surface area contributed by atoms with Gasteiger partial charge in [0, 0.05) is 6.07 Å². The molecule has 0 radical (unpaired) electrons. The van der Waals surface area contributed by atoms with Gasteiger partial charge in [-0.2, -0.15) is 0 Å². The lowest BCUT2D eigenvalue weighted by Crippen LogP contribution is -1.93. The molecule has 0 saturated carbocycles. The van der Waals surface area contributed by atoms with Gasteiger partial charge in [-0.3, -0.25) is 0 Å². The van der Waals surface area contributed by atoms with E-state index in [9.17, 15) is 0 Å². The van der Waals surface area contributed by atoms with Gasteiger partial charge >= 0.3 is 0 Å². The van der Waals surface area contributed by atoms with Crippen molar-refractivity contribution >= 4 is 46.2 Å². The van der Waals surface area contributed by atoms with Crippen LogP contribution in [0.1, 0.15) is 0 Å². The van der Waals surface area contributed by atoms with E-state index in [1.165, 1.54) is 0 Å². The molecule has 0 atom stereocenters. The third kappa shape index (κ3) is 3.87. The first-order valence-corrected chi connectivity index (χ1v) is 8.32. The molecule has 0 unspecified atom stereocenters. The molecular weight excluding hydrogens is 383 g/mol. The second-order valence-electron chi connectivity index (χ2n) is 5.12. The molecule has 7 heteroatoms. The van der Waals surface area contributed by atoms with Gasteiger partial charge in [-0.25, -0.2) is 0 Å². The first-order chi connectivity index (χ1) is 12.0. The molecule has 0 bridgehead atoms. The van der Waals surface area contributed by atoms with Gasteiger partial charge in [0.1, 0.15) is 33.0 Å². The predicted octanol–water partition coefficient (Wildman–Crippen LogP) is 6.40. The summed E-state index contributed by atoms with van der Waals surface area (Å²) in [6.07, 6.45) is 0. The zero-order valence-corrected chi connectivity index (χ0v) is 15.1. The second-order valence-corrected chi connectivity index (χ2v) is 6.28. The molecular formula is C18H13Cl3N2O2. The molecule has 0 heterocycles. The molecule has 0 aliphatic carbocycles. The van der Waals surface area contributed by atoms with E-state index in [1.54, 1.807) is 54.6 Å². The minimum Gasteiger partial charge on any atom is -0.456 e. The summed E-state index contributed by atoms with van der Waals surface area (Å²) in [7, 11) is 0. The first kappa shape index (κ1) is 17.5. The molecule has 0 aromatic heterocycles. The van der Waals surface area contributed by atoms with Gasteiger partial charge in [-0.05, 0) is 36.4 Å². The topological polar surface area (TPSA) is 70.5 Å². The van der Waals surface area contributed by atoms with Crippen LogP contribution < -0.4 is 20.9 Å². The lowest BCUT2D eigenvalue weighted by atomic mass is 10.3. The van der Waals surface area contributed by atoms with Crippen LogP contribution in [-0.2, 0) is 0 Å². The Hall–Kier alpha value is -2.27. The van der Waals surface area contributed by atoms with Gasteiger partial charge in [0.2, 0.25) is 0 Å². The fourth-order valence-electron chi connectivity index (χ4n) is 2.08. The van der Waals surface area contributed by atoms with Crippen LogP contribution in [0.5, 0.6) is 23.0 Å². The average Bonchev–Trinajstić information content (AvgIpc) is 2.59. The van der Waals surface area contributed by atoms with Crippen molar-refractivity contribution in [3.63, 3.8) is 0 Å². The Kier molecular flexibility index (Phi) is 5.13. The van der Waals surface area contributed by atoms with Gasteiger partial charge < -0.3 is 20.9 Å². The highest BCUT2D eigenvalue weighted by Crippen LogP contribution is 2.40. The maximum absolute atomic E-state index is 6.20. The van der Waals surface area contributed by atoms with Gasteiger partial charge in [0.25, 0.3) is 0 Å². The number of rotatable bonds is 4. The molecule has 4 N–H and O–H groups in total. The van der Waals surface area contributed by atoms with E-state index in [4.69, 9.17) is 55.7 Å². The zero-order valence-electron chi connectivity index (χ0n) is 12.8. The van der Waals surface area contributed by atoms with Gasteiger partial charge in [-0.1, -0.05) is 46.9 Å². The summed E-state index contributed by atoms with van der Waals surface area (Å²) in [5, 5.41) is 1.03. The van der Waals surface area contributed by atoms with E-state index < -0.39 is 0 Å². The van der Waals surface area contributed by atoms with Crippen molar-refractivity contribution in [3.8, 4) is 23.0 Å². The van der Waals surface area contributed by atoms with Crippen LogP contribution in [0.3, 0.4) is 0 Å². The third-order valence-corrected chi connectivity index (χ3v) is 4.46. The summed E-state index contributed by atoms with van der Waals surface area (Å²) in [5.74, 6) is 1.67. The fourth-order valence-corrected chi connectivity index (χ4v) is 2.57. The molecule has 0 amide bonds. The molecule has 3 aromatic rings. The summed E-state index contributed by atoms with van der Waals surface area (Å²) in [6, 6.07) is 15.2. The second kappa shape index (κ2) is 7.31. The van der Waals surface area contributed by atoms with E-state index in [1.807, 2.05) is 0 Å². The van der Waals surface area contributed by atoms with Crippen molar-refractivity contribution in [2.45, 2.75) is 0 Å². The van der Waals surface area contributed by atoms with Crippen LogP contribution in [0.2, 0.25) is 15.1 Å². The van der Waals surface area contributed by atoms with Gasteiger partial charge in [0.05, 0.1) is 16.4 Å². The molecule has 0 aliphatic heterocycles. The molecule has 3 aromatic carbocycles. The van der Waals surface area contributed by atoms with Crippen molar-refractivity contribution in [1.29, 1.82) is 0 Å². The Morgan fingerprint density at radius 2 is 1.20 bits per heavy atom. The number of ether oxygens (including phenoxy) is 2. The number of hydrogen-bond donors (Lipinski definition) is 2. The normalized spacial score (nSPS) is 10.5. The monoisotopic (exact) mass is 394 g/mol. The Balaban J connectivity index is 1.90. The number of nitrogen functional groups attached to an aromatic ring is 2. The fraction of sp³-hybridized carbons (Fsp3) is 0. The maximum Gasteiger partial charge on any atom is 0.149 e. The Labute approximate surface area is 159 Å². The number of hydrogen-bond acceptors (Lipinski definition) is 4. The van der Waals surface area contributed by atoms with Gasteiger partial charge in [0.15, 0.2) is 0 Å². The van der Waals surface area contributed by atoms with Crippen LogP contribution >= 0.6 is 34.8 Å². The molecule has 0 saturated heterocycles. The molecule has 0 fully saturated rings. The van der Waals surface area contributed by atoms with E-state index in [2.05, 4.69) is 0 Å². The number of halogens is 3. The average molecular weight is 396 g/mol. The third-order valence-electron chi connectivity index (χ3n) is 3.34. The van der Waals surface area contributed by atoms with E-state index >= 15 is 0 Å². The number of nitrogens with two attached hydrogens (primary N) is 2. The van der Waals surface area contributed by atoms with Crippen molar-refractivity contribution in [1.82, 2.24) is 0 Å². The van der Waals surface area contributed by atoms with Crippen molar-refractivity contribution in [2.75, 3.05) is 11.5 Å². The van der Waals surface area contributed by atoms with Crippen molar-refractivity contribution in [3.05, 3.63) is 69.7 Å². The maximum atomic E-state index is 6.20. The number of anilines is 2. The number of benzene rings is 3. The Morgan fingerprint density at radius 1 is 0.640 bits per heavy atom. The van der Waals surface area contributed by atoms with Crippen LogP contribution in [-0.4, -0.2) is 0 Å². The van der Waals surface area contributed by atoms with Crippen molar-refractivity contribution in [2.24, 2.45) is 0 Å². The largest absolute Gasteiger partial charge is 0.456 e. The lowest BCUT2D eigenvalue weighted by molar-refractivity contribution is 0.461. The van der Waals surface area contributed by atoms with E-state index in [0.29, 0.717) is 49.4 Å². The molecule has 4 nitrogen and oxygen atoms in total. The van der Waals surface area contributed by atoms with Crippen LogP contribution in [0.15, 0.2) is 54.6 Å². The van der Waals surface area contributed by atoms with Gasteiger partial charge in [-0.15, -0.1) is 0 Å². The predicted molar refractivity (Wildman–Crippen MR) is 103 cm³/mol. The molecule has 3 rings (SSSR count). The van der Waals surface area contributed by atoms with Crippen LogP contribution in [0, 0.1) is 0 Å². The minimum absolute atomic E-state index is 0.309. The van der Waals surface area contributed by atoms with Crippen LogP contribution in [0.25, 0.3) is 0 Å². The molecule has 0 aliphatic rings. The highest BCUT2D eigenvalue weighted by atomic mass is 35.5. The standard InChI is InChI=1S/C18H13Cl3N2O2/c19-11-8-7-10(24-14-5-1-3-12(22)17(14)20)9-16(11)25-15-6-2-4-13(23)18(15)21/h1-9H,22-23H2. The summed E-state index contributed by atoms with van der Waals surface area (Å²) < 4.78 is 11.5. The Bertz CT molecular complexity index is 932. The van der Waals surface area contributed by atoms with E-state index in [-0.39, 0.29) is 0 Å². The minimum atomic E-state index is 0.309. The highest BCUT2D eigenvalue weighted by molar-refractivity contribution is 6.35. The lowest BCUT2D eigenvalue weighted by Gasteiger charge is -2.13. The van der Waals surface area contributed by atoms with Crippen LogP contribution in [0.4, 0.5) is 11.4 Å². The SMILES string of the molecule is Nc1cccc(Oc2ccc(Cl)c(Oc3cccc(N)c3Cl)c2)c1Cl. The smallest absolute Gasteiger partial charge is 0.149 e. The first-order valence-electron chi connectivity index (χ1n) is 7.19. The molecule has 0 spiro atoms. The molecule has 128 valence electrons. The summed E-state index contributed by atoms with van der Waals surface area (Å²) in [6.45, 7) is 0. The zero-order chi connectivity index (χ0) is 18.0. The quantitative estimate of drug-likeness (QED) is 0.502. The van der Waals surface area contributed by atoms with E-state index in [0.717, 1.165) is 0 Å². The molecule has 25 heavy (non-hydrogen) atoms.